The molecule has 10 aromatic carbocycles. The summed E-state index contributed by atoms with van der Waals surface area (Å²) in [5.74, 6) is 0. The Bertz CT molecular complexity index is 3630. The minimum Gasteiger partial charge on any atom is -0.310 e. The summed E-state index contributed by atoms with van der Waals surface area (Å²) in [6, 6.07) is 90.6. The fraction of sp³-hybridized carbons (Fsp3) is 0.0323. The molecule has 0 saturated carbocycles. The molecule has 3 aliphatic rings. The summed E-state index contributed by atoms with van der Waals surface area (Å²) in [6.45, 7) is 0. The average Bonchev–Trinajstić information content (AvgIpc) is 3.98. The Morgan fingerprint density at radius 3 is 1.55 bits per heavy atom. The predicted molar refractivity (Wildman–Crippen MR) is 264 cm³/mol. The molecule has 2 nitrogen and oxygen atoms in total. The Morgan fingerprint density at radius 1 is 0.312 bits per heavy atom. The zero-order valence-corrected chi connectivity index (χ0v) is 35.0. The lowest BCUT2D eigenvalue weighted by Gasteiger charge is -2.39. The molecule has 1 atom stereocenters. The van der Waals surface area contributed by atoms with E-state index in [1.807, 2.05) is 0 Å². The van der Waals surface area contributed by atoms with Crippen LogP contribution < -0.4 is 4.90 Å². The first-order chi connectivity index (χ1) is 31.8. The van der Waals surface area contributed by atoms with E-state index in [9.17, 15) is 0 Å². The van der Waals surface area contributed by atoms with Gasteiger partial charge in [0.05, 0.1) is 33.2 Å². The molecule has 11 aromatic rings. The molecule has 1 spiro atoms. The highest BCUT2D eigenvalue weighted by Gasteiger charge is 2.52. The van der Waals surface area contributed by atoms with E-state index in [2.05, 4.69) is 252 Å². The lowest BCUT2D eigenvalue weighted by Crippen LogP contribution is -2.33. The topological polar surface area (TPSA) is 8.17 Å². The van der Waals surface area contributed by atoms with Crippen molar-refractivity contribution >= 4 is 38.9 Å². The van der Waals surface area contributed by atoms with Crippen LogP contribution in [0.4, 0.5) is 17.1 Å². The number of nitrogens with zero attached hydrogens (tertiary/aromatic N) is 2. The van der Waals surface area contributed by atoms with E-state index in [4.69, 9.17) is 0 Å². The number of para-hydroxylation sites is 4. The van der Waals surface area contributed by atoms with E-state index >= 15 is 0 Å². The van der Waals surface area contributed by atoms with Crippen molar-refractivity contribution in [2.24, 2.45) is 0 Å². The molecule has 14 rings (SSSR count). The molecule has 2 aliphatic carbocycles. The molecule has 0 amide bonds. The molecule has 0 N–H and O–H groups in total. The van der Waals surface area contributed by atoms with Gasteiger partial charge in [0.2, 0.25) is 0 Å². The minimum atomic E-state index is -0.542. The third-order valence-corrected chi connectivity index (χ3v) is 14.7. The van der Waals surface area contributed by atoms with Gasteiger partial charge in [-0.05, 0) is 104 Å². The summed E-state index contributed by atoms with van der Waals surface area (Å²) in [5.41, 5.74) is 21.7. The van der Waals surface area contributed by atoms with Gasteiger partial charge in [0.1, 0.15) is 0 Å². The molecule has 0 radical (unpaired) electrons. The Balaban J connectivity index is 1.02. The summed E-state index contributed by atoms with van der Waals surface area (Å²) in [7, 11) is 0. The van der Waals surface area contributed by atoms with Crippen LogP contribution in [0.5, 0.6) is 0 Å². The second kappa shape index (κ2) is 13.2. The highest BCUT2D eigenvalue weighted by molar-refractivity contribution is 6.13. The van der Waals surface area contributed by atoms with Crippen molar-refractivity contribution in [1.29, 1.82) is 0 Å². The van der Waals surface area contributed by atoms with E-state index in [0.29, 0.717) is 0 Å². The van der Waals surface area contributed by atoms with Gasteiger partial charge < -0.3 is 9.47 Å². The van der Waals surface area contributed by atoms with Crippen LogP contribution in [-0.4, -0.2) is 4.57 Å². The first-order valence-electron chi connectivity index (χ1n) is 22.4. The van der Waals surface area contributed by atoms with Crippen LogP contribution in [0, 0.1) is 0 Å². The molecule has 0 fully saturated rings. The summed E-state index contributed by atoms with van der Waals surface area (Å²) >= 11 is 0. The van der Waals surface area contributed by atoms with Crippen molar-refractivity contribution in [1.82, 2.24) is 4.57 Å². The van der Waals surface area contributed by atoms with Crippen molar-refractivity contribution in [2.45, 2.75) is 10.8 Å². The summed E-state index contributed by atoms with van der Waals surface area (Å²) < 4.78 is 2.52. The van der Waals surface area contributed by atoms with Gasteiger partial charge in [-0.2, -0.15) is 0 Å². The van der Waals surface area contributed by atoms with Crippen molar-refractivity contribution < 1.29 is 0 Å². The number of anilines is 3. The molecule has 298 valence electrons. The van der Waals surface area contributed by atoms with Gasteiger partial charge in [-0.3, -0.25) is 0 Å². The third-order valence-electron chi connectivity index (χ3n) is 14.7. The van der Waals surface area contributed by atoms with Crippen molar-refractivity contribution in [3.63, 3.8) is 0 Å². The number of hydrogen-bond donors (Lipinski definition) is 0. The Morgan fingerprint density at radius 2 is 0.812 bits per heavy atom. The SMILES string of the molecule is c1ccc(N(c2ccc(C3(c4ccccc4)c4ccccc4-c4ccccc43)cc2)c2cccc3c2-c2ccccc2C32c3ccccc3-n3c4ccccc4c4cccc2c43)cc1. The first kappa shape index (κ1) is 35.4. The van der Waals surface area contributed by atoms with Gasteiger partial charge in [-0.1, -0.05) is 200 Å². The Kier molecular flexibility index (Phi) is 7.28. The lowest BCUT2D eigenvalue weighted by molar-refractivity contribution is 0.748. The molecule has 2 heterocycles. The highest BCUT2D eigenvalue weighted by Crippen LogP contribution is 2.63. The number of aromatic nitrogens is 1. The number of benzene rings is 10. The van der Waals surface area contributed by atoms with Crippen molar-refractivity contribution in [2.75, 3.05) is 4.90 Å². The standard InChI is InChI=1S/C62H40N2/c1-3-19-41(20-4-1)61(50-28-11-7-23-45(50)46-24-8-12-29-51(46)61)42-37-39-44(40-38-42)63(43-21-5-2-6-22-43)58-36-18-32-54-59(58)49-26-9-13-30-52(49)62(54)53-31-14-16-35-57(53)64-56-34-15-10-25-47(56)48-27-17-33-55(62)60(48)64/h1-40H. The zero-order valence-electron chi connectivity index (χ0n) is 35.0. The summed E-state index contributed by atoms with van der Waals surface area (Å²) in [4.78, 5) is 2.48. The van der Waals surface area contributed by atoms with E-state index in [-0.39, 0.29) is 0 Å². The van der Waals surface area contributed by atoms with Gasteiger partial charge in [-0.25, -0.2) is 0 Å². The highest BCUT2D eigenvalue weighted by atomic mass is 15.1. The molecule has 0 bridgehead atoms. The van der Waals surface area contributed by atoms with Gasteiger partial charge in [-0.15, -0.1) is 0 Å². The number of hydrogen-bond acceptors (Lipinski definition) is 1. The van der Waals surface area contributed by atoms with Gasteiger partial charge in [0.15, 0.2) is 0 Å². The van der Waals surface area contributed by atoms with E-state index in [1.54, 1.807) is 0 Å². The molecule has 0 saturated heterocycles. The minimum absolute atomic E-state index is 0.471. The fourth-order valence-corrected chi connectivity index (χ4v) is 12.4. The van der Waals surface area contributed by atoms with E-state index in [1.165, 1.54) is 94.3 Å². The monoisotopic (exact) mass is 812 g/mol. The summed E-state index contributed by atoms with van der Waals surface area (Å²) in [5, 5.41) is 2.57. The lowest BCUT2D eigenvalue weighted by atomic mass is 9.65. The quantitative estimate of drug-likeness (QED) is 0.168. The molecule has 1 aliphatic heterocycles. The van der Waals surface area contributed by atoms with Gasteiger partial charge in [0.25, 0.3) is 0 Å². The maximum absolute atomic E-state index is 2.52. The summed E-state index contributed by atoms with van der Waals surface area (Å²) in [6.07, 6.45) is 0. The largest absolute Gasteiger partial charge is 0.310 e. The van der Waals surface area contributed by atoms with Gasteiger partial charge >= 0.3 is 0 Å². The third kappa shape index (κ3) is 4.39. The smallest absolute Gasteiger partial charge is 0.0755 e. The Labute approximate surface area is 372 Å². The molecular formula is C62H40N2. The predicted octanol–water partition coefficient (Wildman–Crippen LogP) is 15.3. The average molecular weight is 813 g/mol. The fourth-order valence-electron chi connectivity index (χ4n) is 12.4. The van der Waals surface area contributed by atoms with E-state index < -0.39 is 10.8 Å². The zero-order chi connectivity index (χ0) is 42.0. The molecule has 64 heavy (non-hydrogen) atoms. The maximum Gasteiger partial charge on any atom is 0.0755 e. The van der Waals surface area contributed by atoms with Crippen molar-refractivity contribution in [3.8, 4) is 27.9 Å². The van der Waals surface area contributed by atoms with Crippen LogP contribution in [0.25, 0.3) is 49.7 Å². The second-order valence-electron chi connectivity index (χ2n) is 17.5. The van der Waals surface area contributed by atoms with Crippen molar-refractivity contribution in [3.05, 3.63) is 287 Å². The second-order valence-corrected chi connectivity index (χ2v) is 17.5. The van der Waals surface area contributed by atoms with Gasteiger partial charge in [0, 0.05) is 27.7 Å². The molecule has 1 aromatic heterocycles. The normalized spacial score (nSPS) is 15.7. The maximum atomic E-state index is 2.52. The number of rotatable bonds is 5. The van der Waals surface area contributed by atoms with Crippen LogP contribution in [0.15, 0.2) is 243 Å². The van der Waals surface area contributed by atoms with Crippen LogP contribution in [0.1, 0.15) is 44.5 Å². The van der Waals surface area contributed by atoms with Crippen LogP contribution in [-0.2, 0) is 10.8 Å². The number of fused-ring (bicyclic) bond motifs is 15. The molecule has 2 heteroatoms. The van der Waals surface area contributed by atoms with Crippen LogP contribution in [0.3, 0.4) is 0 Å². The van der Waals surface area contributed by atoms with Crippen LogP contribution in [0.2, 0.25) is 0 Å². The van der Waals surface area contributed by atoms with Crippen LogP contribution >= 0.6 is 0 Å². The molecular weight excluding hydrogens is 773 g/mol. The van der Waals surface area contributed by atoms with E-state index in [0.717, 1.165) is 17.1 Å². The molecule has 1 unspecified atom stereocenters. The Hall–Kier alpha value is -8.20. The first-order valence-corrected chi connectivity index (χ1v) is 22.4.